The maximum Gasteiger partial charge on any atom is 0.255 e. The number of carbonyl (C=O) groups excluding carboxylic acids is 1. The number of thioether (sulfide) groups is 1. The van der Waals surface area contributed by atoms with Gasteiger partial charge < -0.3 is 10.1 Å². The summed E-state index contributed by atoms with van der Waals surface area (Å²) >= 11 is 7.57. The maximum atomic E-state index is 13.0. The Morgan fingerprint density at radius 3 is 2.46 bits per heavy atom. The molecule has 0 spiro atoms. The number of benzene rings is 3. The van der Waals surface area contributed by atoms with Crippen LogP contribution in [0.15, 0.2) is 71.6 Å². The van der Waals surface area contributed by atoms with Crippen molar-refractivity contribution in [1.82, 2.24) is 0 Å². The van der Waals surface area contributed by atoms with Gasteiger partial charge in [0.2, 0.25) is 0 Å². The predicted octanol–water partition coefficient (Wildman–Crippen LogP) is 6.42. The van der Waals surface area contributed by atoms with Crippen molar-refractivity contribution in [2.75, 3.05) is 11.9 Å². The van der Waals surface area contributed by atoms with E-state index in [4.69, 9.17) is 16.3 Å². The number of nitrogens with one attached hydrogen (secondary N) is 1. The number of amides is 1. The molecular weight excluding hydrogens is 397 g/mol. The largest absolute Gasteiger partial charge is 0.494 e. The van der Waals surface area contributed by atoms with Crippen molar-refractivity contribution in [3.8, 4) is 5.75 Å². The predicted molar refractivity (Wildman–Crippen MR) is 113 cm³/mol. The van der Waals surface area contributed by atoms with Gasteiger partial charge in [0.05, 0.1) is 6.61 Å². The van der Waals surface area contributed by atoms with Gasteiger partial charge in [-0.1, -0.05) is 11.6 Å². The number of carbonyl (C=O) groups is 1. The zero-order chi connectivity index (χ0) is 19.9. The molecule has 0 aliphatic rings. The Morgan fingerprint density at radius 1 is 1.07 bits per heavy atom. The van der Waals surface area contributed by atoms with Gasteiger partial charge in [0, 0.05) is 32.5 Å². The Hall–Kier alpha value is -2.50. The first-order valence-corrected chi connectivity index (χ1v) is 10.1. The van der Waals surface area contributed by atoms with E-state index >= 15 is 0 Å². The molecule has 0 unspecified atom stereocenters. The molecule has 144 valence electrons. The molecule has 28 heavy (non-hydrogen) atoms. The van der Waals surface area contributed by atoms with Gasteiger partial charge >= 0.3 is 0 Å². The monoisotopic (exact) mass is 415 g/mol. The molecule has 0 saturated carbocycles. The van der Waals surface area contributed by atoms with E-state index in [-0.39, 0.29) is 11.7 Å². The lowest BCUT2D eigenvalue weighted by Crippen LogP contribution is -2.12. The first kappa shape index (κ1) is 20.2. The molecule has 3 aromatic rings. The van der Waals surface area contributed by atoms with Crippen molar-refractivity contribution in [2.24, 2.45) is 0 Å². The Balaban J connectivity index is 1.76. The fourth-order valence-electron chi connectivity index (χ4n) is 2.56. The SMILES string of the molecule is CCOc1ccc(C(=O)Nc2ccc(F)cc2)cc1CSc1ccc(Cl)cc1. The van der Waals surface area contributed by atoms with Gasteiger partial charge in [-0.15, -0.1) is 11.8 Å². The van der Waals surface area contributed by atoms with Gasteiger partial charge in [-0.2, -0.15) is 0 Å². The Morgan fingerprint density at radius 2 is 1.79 bits per heavy atom. The molecule has 3 aromatic carbocycles. The normalized spacial score (nSPS) is 10.5. The molecule has 0 fully saturated rings. The number of halogens is 2. The van der Waals surface area contributed by atoms with Gasteiger partial charge in [0.25, 0.3) is 5.91 Å². The summed E-state index contributed by atoms with van der Waals surface area (Å²) in [5.41, 5.74) is 1.98. The summed E-state index contributed by atoms with van der Waals surface area (Å²) < 4.78 is 18.7. The van der Waals surface area contributed by atoms with Crippen molar-refractivity contribution in [1.29, 1.82) is 0 Å². The van der Waals surface area contributed by atoms with Gasteiger partial charge in [-0.05, 0) is 73.7 Å². The zero-order valence-electron chi connectivity index (χ0n) is 15.2. The Labute approximate surface area is 172 Å². The van der Waals surface area contributed by atoms with Crippen LogP contribution in [-0.2, 0) is 5.75 Å². The van der Waals surface area contributed by atoms with E-state index in [2.05, 4.69) is 5.32 Å². The molecule has 0 bridgehead atoms. The highest BCUT2D eigenvalue weighted by molar-refractivity contribution is 7.98. The van der Waals surface area contributed by atoms with E-state index in [1.54, 1.807) is 23.9 Å². The molecule has 0 aliphatic heterocycles. The highest BCUT2D eigenvalue weighted by Crippen LogP contribution is 2.30. The number of rotatable bonds is 7. The third-order valence-corrected chi connectivity index (χ3v) is 5.25. The topological polar surface area (TPSA) is 38.3 Å². The van der Waals surface area contributed by atoms with Gasteiger partial charge in [0.1, 0.15) is 11.6 Å². The molecule has 0 aromatic heterocycles. The van der Waals surface area contributed by atoms with E-state index < -0.39 is 0 Å². The first-order valence-electron chi connectivity index (χ1n) is 8.76. The van der Waals surface area contributed by atoms with Crippen molar-refractivity contribution < 1.29 is 13.9 Å². The average molecular weight is 416 g/mol. The summed E-state index contributed by atoms with van der Waals surface area (Å²) in [5, 5.41) is 3.47. The molecule has 1 N–H and O–H groups in total. The van der Waals surface area contributed by atoms with E-state index in [1.807, 2.05) is 37.3 Å². The lowest BCUT2D eigenvalue weighted by atomic mass is 10.1. The molecule has 0 aliphatic carbocycles. The third-order valence-electron chi connectivity index (χ3n) is 3.93. The van der Waals surface area contributed by atoms with Crippen molar-refractivity contribution in [3.05, 3.63) is 88.7 Å². The fourth-order valence-corrected chi connectivity index (χ4v) is 3.56. The molecule has 0 saturated heterocycles. The highest BCUT2D eigenvalue weighted by atomic mass is 35.5. The smallest absolute Gasteiger partial charge is 0.255 e. The quantitative estimate of drug-likeness (QED) is 0.452. The zero-order valence-corrected chi connectivity index (χ0v) is 16.8. The molecule has 3 nitrogen and oxygen atoms in total. The minimum Gasteiger partial charge on any atom is -0.494 e. The van der Waals surface area contributed by atoms with Gasteiger partial charge in [-0.25, -0.2) is 4.39 Å². The number of ether oxygens (including phenoxy) is 1. The fraction of sp³-hybridized carbons (Fsp3) is 0.136. The minimum atomic E-state index is -0.347. The van der Waals surface area contributed by atoms with Crippen LogP contribution < -0.4 is 10.1 Å². The number of hydrogen-bond acceptors (Lipinski definition) is 3. The highest BCUT2D eigenvalue weighted by Gasteiger charge is 2.12. The molecule has 0 radical (unpaired) electrons. The maximum absolute atomic E-state index is 13.0. The van der Waals surface area contributed by atoms with Gasteiger partial charge in [0.15, 0.2) is 0 Å². The summed E-state index contributed by atoms with van der Waals surface area (Å²) in [6.07, 6.45) is 0. The summed E-state index contributed by atoms with van der Waals surface area (Å²) in [7, 11) is 0. The number of hydrogen-bond donors (Lipinski definition) is 1. The molecule has 1 amide bonds. The molecule has 3 rings (SSSR count). The van der Waals surface area contributed by atoms with Crippen LogP contribution in [0, 0.1) is 5.82 Å². The standard InChI is InChI=1S/C22H19ClFNO2S/c1-2-27-21-12-3-15(22(26)25-19-8-6-18(24)7-9-19)13-16(21)14-28-20-10-4-17(23)5-11-20/h3-13H,2,14H2,1H3,(H,25,26). The van der Waals surface area contributed by atoms with E-state index in [0.29, 0.717) is 28.6 Å². The lowest BCUT2D eigenvalue weighted by molar-refractivity contribution is 0.102. The van der Waals surface area contributed by atoms with Crippen LogP contribution in [0.4, 0.5) is 10.1 Å². The van der Waals surface area contributed by atoms with Crippen LogP contribution in [0.1, 0.15) is 22.8 Å². The van der Waals surface area contributed by atoms with Crippen LogP contribution in [0.25, 0.3) is 0 Å². The molecule has 6 heteroatoms. The van der Waals surface area contributed by atoms with E-state index in [1.165, 1.54) is 24.3 Å². The van der Waals surface area contributed by atoms with Crippen LogP contribution >= 0.6 is 23.4 Å². The summed E-state index contributed by atoms with van der Waals surface area (Å²) in [6, 6.07) is 18.6. The van der Waals surface area contributed by atoms with Crippen molar-refractivity contribution in [2.45, 2.75) is 17.6 Å². The minimum absolute atomic E-state index is 0.257. The molecule has 0 heterocycles. The second-order valence-electron chi connectivity index (χ2n) is 5.96. The lowest BCUT2D eigenvalue weighted by Gasteiger charge is -2.12. The summed E-state index contributed by atoms with van der Waals surface area (Å²) in [4.78, 5) is 13.6. The van der Waals surface area contributed by atoms with Crippen molar-refractivity contribution in [3.63, 3.8) is 0 Å². The number of anilines is 1. The second-order valence-corrected chi connectivity index (χ2v) is 7.44. The first-order chi connectivity index (χ1) is 13.5. The van der Waals surface area contributed by atoms with Crippen LogP contribution in [0.5, 0.6) is 5.75 Å². The van der Waals surface area contributed by atoms with Crippen LogP contribution in [-0.4, -0.2) is 12.5 Å². The van der Waals surface area contributed by atoms with Crippen LogP contribution in [0.3, 0.4) is 0 Å². The summed E-state index contributed by atoms with van der Waals surface area (Å²) in [6.45, 7) is 2.46. The third kappa shape index (κ3) is 5.50. The average Bonchev–Trinajstić information content (AvgIpc) is 2.70. The second kappa shape index (κ2) is 9.62. The van der Waals surface area contributed by atoms with Crippen LogP contribution in [0.2, 0.25) is 5.02 Å². The van der Waals surface area contributed by atoms with E-state index in [9.17, 15) is 9.18 Å². The van der Waals surface area contributed by atoms with Crippen molar-refractivity contribution >= 4 is 35.0 Å². The summed E-state index contributed by atoms with van der Waals surface area (Å²) in [5.74, 6) is 0.796. The molecule has 0 atom stereocenters. The Bertz CT molecular complexity index is 946. The van der Waals surface area contributed by atoms with E-state index in [0.717, 1.165) is 16.2 Å². The molecular formula is C22H19ClFNO2S. The Kier molecular flexibility index (Phi) is 6.95. The van der Waals surface area contributed by atoms with Gasteiger partial charge in [-0.3, -0.25) is 4.79 Å².